The summed E-state index contributed by atoms with van der Waals surface area (Å²) in [5.74, 6) is -3.46. The molecule has 2 aromatic carbocycles. The Balaban J connectivity index is 0.000000725. The molecule has 2 saturated heterocycles. The topological polar surface area (TPSA) is 44.9 Å². The first-order valence-electron chi connectivity index (χ1n) is 15.1. The van der Waals surface area contributed by atoms with E-state index in [1.807, 2.05) is 38.7 Å². The molecule has 8 heteroatoms. The summed E-state index contributed by atoms with van der Waals surface area (Å²) in [4.78, 5) is 8.40. The van der Waals surface area contributed by atoms with E-state index < -0.39 is 29.5 Å². The van der Waals surface area contributed by atoms with Crippen LogP contribution >= 0.6 is 0 Å². The number of hydrogen-bond acceptors (Lipinski definition) is 4. The number of rotatable bonds is 4. The van der Waals surface area contributed by atoms with Crippen molar-refractivity contribution < 1.29 is 17.6 Å². The van der Waals surface area contributed by atoms with Gasteiger partial charge in [0.2, 0.25) is 0 Å². The molecule has 226 valence electrons. The SMILES string of the molecule is C=C1N(C2=NCc3cc(CCC)cc(-c4c(F)cccc4F)c32)CC[C@H]2N1CC(C1CC1)C2(F)F.CC.CC.CN. The predicted molar refractivity (Wildman–Crippen MR) is 161 cm³/mol. The van der Waals surface area contributed by atoms with E-state index in [2.05, 4.69) is 25.3 Å². The molecule has 1 unspecified atom stereocenters. The highest BCUT2D eigenvalue weighted by atomic mass is 19.3. The molecule has 4 aliphatic rings. The average Bonchev–Trinajstić information content (AvgIpc) is 3.67. The molecule has 2 aromatic rings. The van der Waals surface area contributed by atoms with Crippen LogP contribution in [0, 0.1) is 23.5 Å². The highest BCUT2D eigenvalue weighted by Gasteiger charge is 2.62. The van der Waals surface area contributed by atoms with Crippen LogP contribution in [-0.2, 0) is 13.0 Å². The van der Waals surface area contributed by atoms with E-state index in [4.69, 9.17) is 4.99 Å². The Kier molecular flexibility index (Phi) is 11.0. The monoisotopic (exact) mass is 574 g/mol. The van der Waals surface area contributed by atoms with E-state index in [0.29, 0.717) is 48.8 Å². The van der Waals surface area contributed by atoms with Crippen LogP contribution in [0.4, 0.5) is 17.6 Å². The summed E-state index contributed by atoms with van der Waals surface area (Å²) in [7, 11) is 1.50. The summed E-state index contributed by atoms with van der Waals surface area (Å²) in [6.07, 6.45) is 3.72. The predicted octanol–water partition coefficient (Wildman–Crippen LogP) is 7.99. The number of fused-ring (bicyclic) bond motifs is 2. The summed E-state index contributed by atoms with van der Waals surface area (Å²) >= 11 is 0. The van der Waals surface area contributed by atoms with Crippen molar-refractivity contribution in [2.24, 2.45) is 22.6 Å². The van der Waals surface area contributed by atoms with Crippen LogP contribution in [0.15, 0.2) is 47.7 Å². The lowest BCUT2D eigenvalue weighted by Gasteiger charge is -2.42. The van der Waals surface area contributed by atoms with Gasteiger partial charge in [-0.3, -0.25) is 4.99 Å². The molecule has 4 nitrogen and oxygen atoms in total. The van der Waals surface area contributed by atoms with E-state index in [-0.39, 0.29) is 11.5 Å². The molecular formula is C33H46F4N4. The Morgan fingerprint density at radius 3 is 2.22 bits per heavy atom. The van der Waals surface area contributed by atoms with Crippen LogP contribution in [0.25, 0.3) is 11.1 Å². The van der Waals surface area contributed by atoms with Gasteiger partial charge in [0.1, 0.15) is 23.3 Å². The van der Waals surface area contributed by atoms with Gasteiger partial charge >= 0.3 is 0 Å². The molecule has 0 amide bonds. The second-order valence-electron chi connectivity index (χ2n) is 10.3. The first-order chi connectivity index (χ1) is 19.8. The minimum Gasteiger partial charge on any atom is -0.349 e. The zero-order chi connectivity index (χ0) is 30.5. The normalized spacial score (nSPS) is 21.8. The summed E-state index contributed by atoms with van der Waals surface area (Å²) in [5, 5.41) is 0. The second kappa shape index (κ2) is 13.9. The molecule has 0 aromatic heterocycles. The summed E-state index contributed by atoms with van der Waals surface area (Å²) < 4.78 is 60.4. The fraction of sp³-hybridized carbons (Fsp3) is 0.545. The maximum absolute atomic E-state index is 15.2. The minimum atomic E-state index is -2.73. The fourth-order valence-electron chi connectivity index (χ4n) is 6.28. The van der Waals surface area contributed by atoms with Crippen molar-refractivity contribution in [1.29, 1.82) is 0 Å². The molecule has 41 heavy (non-hydrogen) atoms. The first kappa shape index (κ1) is 32.6. The lowest BCUT2D eigenvalue weighted by atomic mass is 9.90. The maximum Gasteiger partial charge on any atom is 0.272 e. The van der Waals surface area contributed by atoms with Gasteiger partial charge in [0.05, 0.1) is 18.2 Å². The highest BCUT2D eigenvalue weighted by molar-refractivity contribution is 6.08. The van der Waals surface area contributed by atoms with Gasteiger partial charge in [-0.05, 0) is 67.5 Å². The third-order valence-corrected chi connectivity index (χ3v) is 8.10. The quantitative estimate of drug-likeness (QED) is 0.377. The van der Waals surface area contributed by atoms with Crippen LogP contribution in [0.2, 0.25) is 0 Å². The Labute approximate surface area is 243 Å². The second-order valence-corrected chi connectivity index (χ2v) is 10.3. The zero-order valence-electron chi connectivity index (χ0n) is 25.4. The molecule has 0 bridgehead atoms. The molecule has 3 aliphatic heterocycles. The van der Waals surface area contributed by atoms with Gasteiger partial charge in [-0.15, -0.1) is 0 Å². The first-order valence-corrected chi connectivity index (χ1v) is 15.1. The van der Waals surface area contributed by atoms with Crippen molar-refractivity contribution in [3.05, 3.63) is 71.1 Å². The van der Waals surface area contributed by atoms with Crippen molar-refractivity contribution in [3.8, 4) is 11.1 Å². The molecule has 2 N–H and O–H groups in total. The number of nitrogens with zero attached hydrogens (tertiary/aromatic N) is 3. The maximum atomic E-state index is 15.2. The van der Waals surface area contributed by atoms with E-state index in [1.165, 1.54) is 25.2 Å². The van der Waals surface area contributed by atoms with Gasteiger partial charge in [-0.2, -0.15) is 0 Å². The van der Waals surface area contributed by atoms with Crippen LogP contribution in [0.1, 0.15) is 77.0 Å². The van der Waals surface area contributed by atoms with Crippen LogP contribution < -0.4 is 5.73 Å². The Hall–Kier alpha value is -2.87. The number of hydrogen-bond donors (Lipinski definition) is 1. The van der Waals surface area contributed by atoms with Gasteiger partial charge in [-0.1, -0.05) is 65.8 Å². The van der Waals surface area contributed by atoms with Crippen molar-refractivity contribution in [2.75, 3.05) is 20.1 Å². The van der Waals surface area contributed by atoms with E-state index in [1.54, 1.807) is 4.90 Å². The minimum absolute atomic E-state index is 0.0710. The van der Waals surface area contributed by atoms with E-state index in [9.17, 15) is 8.78 Å². The number of benzene rings is 2. The van der Waals surface area contributed by atoms with Gasteiger partial charge in [0.15, 0.2) is 0 Å². The third-order valence-electron chi connectivity index (χ3n) is 8.10. The van der Waals surface area contributed by atoms with Crippen molar-refractivity contribution in [2.45, 2.75) is 85.2 Å². The molecule has 3 heterocycles. The molecule has 2 atom stereocenters. The van der Waals surface area contributed by atoms with Crippen molar-refractivity contribution >= 4 is 5.84 Å². The van der Waals surface area contributed by atoms with Crippen LogP contribution in [0.5, 0.6) is 0 Å². The van der Waals surface area contributed by atoms with Gasteiger partial charge in [0.25, 0.3) is 5.92 Å². The van der Waals surface area contributed by atoms with E-state index >= 15 is 8.78 Å². The molecule has 1 aliphatic carbocycles. The summed E-state index contributed by atoms with van der Waals surface area (Å²) in [6, 6.07) is 6.94. The number of halogens is 4. The number of aliphatic imine (C=N–C) groups is 1. The molecular weight excluding hydrogens is 528 g/mol. The van der Waals surface area contributed by atoms with Crippen LogP contribution in [-0.4, -0.2) is 47.7 Å². The molecule has 1 saturated carbocycles. The molecule has 0 radical (unpaired) electrons. The summed E-state index contributed by atoms with van der Waals surface area (Å²) in [6.45, 7) is 15.3. The van der Waals surface area contributed by atoms with Gasteiger partial charge in [-0.25, -0.2) is 17.6 Å². The number of nitrogens with two attached hydrogens (primary N) is 1. The Morgan fingerprint density at radius 1 is 1.00 bits per heavy atom. The molecule has 0 spiro atoms. The average molecular weight is 575 g/mol. The number of amidine groups is 1. The van der Waals surface area contributed by atoms with Gasteiger partial charge < -0.3 is 15.5 Å². The number of alkyl halides is 2. The largest absolute Gasteiger partial charge is 0.349 e. The molecule has 3 fully saturated rings. The van der Waals surface area contributed by atoms with E-state index in [0.717, 1.165) is 36.8 Å². The zero-order valence-corrected chi connectivity index (χ0v) is 25.4. The molecule has 6 rings (SSSR count). The third kappa shape index (κ3) is 6.04. The van der Waals surface area contributed by atoms with Crippen molar-refractivity contribution in [1.82, 2.24) is 9.80 Å². The van der Waals surface area contributed by atoms with Crippen molar-refractivity contribution in [3.63, 3.8) is 0 Å². The standard InChI is InChI=1S/C28H29F4N3.2C2H6.CH5N/c1-3-5-17-12-19-14-33-27(25(19)20(13-17)26-22(29)6-4-7-23(26)30)34-11-10-24-28(31,32)21(18-8-9-18)15-35(24)16(34)2;3*1-2/h4,6-7,12-13,18,21,24H,2-3,5,8-11,14-15H2,1H3;2*1-2H3;2H2,1H3/t21?,24-;;;/m1.../s1. The van der Waals surface area contributed by atoms with Gasteiger partial charge in [0, 0.05) is 24.6 Å². The Bertz CT molecular complexity index is 1220. The van der Waals surface area contributed by atoms with Crippen LogP contribution in [0.3, 0.4) is 0 Å². The Morgan fingerprint density at radius 2 is 1.63 bits per heavy atom. The smallest absolute Gasteiger partial charge is 0.272 e. The summed E-state index contributed by atoms with van der Waals surface area (Å²) in [5.41, 5.74) is 7.48. The lowest BCUT2D eigenvalue weighted by molar-refractivity contribution is -0.0759. The fourth-order valence-corrected chi connectivity index (χ4v) is 6.28. The number of aryl methyl sites for hydroxylation is 1. The highest BCUT2D eigenvalue weighted by Crippen LogP contribution is 2.53. The lowest BCUT2D eigenvalue weighted by Crippen LogP contribution is -2.51.